The first kappa shape index (κ1) is 14.0. The lowest BCUT2D eigenvalue weighted by molar-refractivity contribution is 0.385. The smallest absolute Gasteiger partial charge is 0.245 e. The topological polar surface area (TPSA) is 94.1 Å². The van der Waals surface area contributed by atoms with E-state index in [4.69, 9.17) is 5.73 Å². The van der Waals surface area contributed by atoms with E-state index >= 15 is 0 Å². The number of nitrogen functional groups attached to an aromatic ring is 1. The Morgan fingerprint density at radius 3 is 2.67 bits per heavy atom. The zero-order valence-electron chi connectivity index (χ0n) is 11.7. The number of hydrogen-bond acceptors (Lipinski definition) is 5. The van der Waals surface area contributed by atoms with Crippen molar-refractivity contribution in [2.75, 3.05) is 5.73 Å². The largest absolute Gasteiger partial charge is 0.384 e. The van der Waals surface area contributed by atoms with Crippen LogP contribution in [0.4, 0.5) is 5.82 Å². The van der Waals surface area contributed by atoms with Crippen LogP contribution in [-0.4, -0.2) is 33.3 Å². The Morgan fingerprint density at radius 1 is 1.38 bits per heavy atom. The molecule has 3 rings (SSSR count). The van der Waals surface area contributed by atoms with Gasteiger partial charge in [-0.25, -0.2) is 18.4 Å². The number of aryl methyl sites for hydroxylation is 1. The van der Waals surface area contributed by atoms with Crippen LogP contribution in [0.15, 0.2) is 35.6 Å². The van der Waals surface area contributed by atoms with Gasteiger partial charge >= 0.3 is 0 Å². The first-order chi connectivity index (χ1) is 9.98. The van der Waals surface area contributed by atoms with Gasteiger partial charge in [0.1, 0.15) is 16.5 Å². The van der Waals surface area contributed by atoms with Gasteiger partial charge in [-0.1, -0.05) is 0 Å². The minimum Gasteiger partial charge on any atom is -0.384 e. The maximum atomic E-state index is 12.8. The lowest BCUT2D eigenvalue weighted by Gasteiger charge is -2.21. The van der Waals surface area contributed by atoms with E-state index in [0.29, 0.717) is 11.6 Å². The van der Waals surface area contributed by atoms with E-state index in [0.717, 1.165) is 12.8 Å². The normalized spacial score (nSPS) is 15.5. The molecule has 8 heteroatoms. The summed E-state index contributed by atoms with van der Waals surface area (Å²) in [6, 6.07) is 3.04. The molecular weight excluding hydrogens is 290 g/mol. The van der Waals surface area contributed by atoms with Crippen LogP contribution in [0.5, 0.6) is 0 Å². The number of nitrogens with two attached hydrogens (primary N) is 1. The van der Waals surface area contributed by atoms with Gasteiger partial charge in [-0.2, -0.15) is 4.31 Å². The predicted octanol–water partition coefficient (Wildman–Crippen LogP) is 0.751. The third-order valence-corrected chi connectivity index (χ3v) is 5.42. The van der Waals surface area contributed by atoms with Crippen molar-refractivity contribution in [3.63, 3.8) is 0 Å². The number of imidazole rings is 1. The molecule has 2 N–H and O–H groups in total. The van der Waals surface area contributed by atoms with E-state index in [1.54, 1.807) is 12.4 Å². The molecule has 0 unspecified atom stereocenters. The first-order valence-electron chi connectivity index (χ1n) is 6.68. The lowest BCUT2D eigenvalue weighted by Crippen LogP contribution is -2.33. The van der Waals surface area contributed by atoms with Gasteiger partial charge in [-0.15, -0.1) is 0 Å². The summed E-state index contributed by atoms with van der Waals surface area (Å²) in [5, 5.41) is 0. The van der Waals surface area contributed by atoms with Gasteiger partial charge < -0.3 is 10.3 Å². The Balaban J connectivity index is 1.93. The molecular formula is C13H17N5O2S. The SMILES string of the molecule is Cn1ccnc1CN(C1CC1)S(=O)(=O)c1ccc(N)nc1. The fourth-order valence-electron chi connectivity index (χ4n) is 2.14. The summed E-state index contributed by atoms with van der Waals surface area (Å²) >= 11 is 0. The molecule has 0 saturated heterocycles. The molecule has 0 aliphatic heterocycles. The zero-order valence-corrected chi connectivity index (χ0v) is 12.5. The van der Waals surface area contributed by atoms with Crippen molar-refractivity contribution < 1.29 is 8.42 Å². The van der Waals surface area contributed by atoms with E-state index in [-0.39, 0.29) is 17.5 Å². The van der Waals surface area contributed by atoms with Crippen LogP contribution in [0.3, 0.4) is 0 Å². The molecule has 0 amide bonds. The maximum absolute atomic E-state index is 12.8. The minimum atomic E-state index is -3.59. The van der Waals surface area contributed by atoms with Gasteiger partial charge in [0.25, 0.3) is 0 Å². The predicted molar refractivity (Wildman–Crippen MR) is 77.6 cm³/mol. The summed E-state index contributed by atoms with van der Waals surface area (Å²) in [7, 11) is -1.73. The van der Waals surface area contributed by atoms with Crippen molar-refractivity contribution in [2.45, 2.75) is 30.3 Å². The summed E-state index contributed by atoms with van der Waals surface area (Å²) in [6.45, 7) is 0.265. The number of pyridine rings is 1. The number of sulfonamides is 1. The molecule has 1 aliphatic rings. The second-order valence-electron chi connectivity index (χ2n) is 5.15. The van der Waals surface area contributed by atoms with Crippen LogP contribution in [0.25, 0.3) is 0 Å². The molecule has 7 nitrogen and oxygen atoms in total. The first-order valence-corrected chi connectivity index (χ1v) is 8.12. The fourth-order valence-corrected chi connectivity index (χ4v) is 3.73. The Hall–Kier alpha value is -1.93. The summed E-state index contributed by atoms with van der Waals surface area (Å²) in [5.41, 5.74) is 5.51. The highest BCUT2D eigenvalue weighted by atomic mass is 32.2. The molecule has 0 spiro atoms. The maximum Gasteiger partial charge on any atom is 0.245 e. The highest BCUT2D eigenvalue weighted by Crippen LogP contribution is 2.33. The molecule has 2 aromatic heterocycles. The van der Waals surface area contributed by atoms with Gasteiger partial charge in [0.05, 0.1) is 6.54 Å². The van der Waals surface area contributed by atoms with Crippen LogP contribution in [0, 0.1) is 0 Å². The Bertz CT molecular complexity index is 734. The van der Waals surface area contributed by atoms with Gasteiger partial charge in [-0.3, -0.25) is 0 Å². The molecule has 0 bridgehead atoms. The second-order valence-corrected chi connectivity index (χ2v) is 7.05. The summed E-state index contributed by atoms with van der Waals surface area (Å²) < 4.78 is 28.9. The highest BCUT2D eigenvalue weighted by Gasteiger charge is 2.38. The number of anilines is 1. The molecule has 0 atom stereocenters. The van der Waals surface area contributed by atoms with Gasteiger partial charge in [0.2, 0.25) is 10.0 Å². The van der Waals surface area contributed by atoms with Crippen molar-refractivity contribution in [3.05, 3.63) is 36.5 Å². The van der Waals surface area contributed by atoms with E-state index in [9.17, 15) is 8.42 Å². The Morgan fingerprint density at radius 2 is 2.14 bits per heavy atom. The quantitative estimate of drug-likeness (QED) is 0.879. The molecule has 0 radical (unpaired) electrons. The van der Waals surface area contributed by atoms with E-state index in [1.165, 1.54) is 22.6 Å². The Labute approximate surface area is 123 Å². The minimum absolute atomic E-state index is 0.0456. The molecule has 1 aliphatic carbocycles. The highest BCUT2D eigenvalue weighted by molar-refractivity contribution is 7.89. The van der Waals surface area contributed by atoms with Crippen molar-refractivity contribution in [3.8, 4) is 0 Å². The summed E-state index contributed by atoms with van der Waals surface area (Å²) in [4.78, 5) is 8.25. The van der Waals surface area contributed by atoms with Gasteiger partial charge in [-0.05, 0) is 25.0 Å². The van der Waals surface area contributed by atoms with Gasteiger partial charge in [0.15, 0.2) is 0 Å². The number of aromatic nitrogens is 3. The van der Waals surface area contributed by atoms with Crippen LogP contribution in [-0.2, 0) is 23.6 Å². The molecule has 2 heterocycles. The zero-order chi connectivity index (χ0) is 15.0. The molecule has 1 fully saturated rings. The molecule has 0 aromatic carbocycles. The van der Waals surface area contributed by atoms with Crippen LogP contribution < -0.4 is 5.73 Å². The van der Waals surface area contributed by atoms with Crippen LogP contribution in [0.1, 0.15) is 18.7 Å². The third-order valence-electron chi connectivity index (χ3n) is 3.54. The number of rotatable bonds is 5. The van der Waals surface area contributed by atoms with Crippen LogP contribution >= 0.6 is 0 Å². The second kappa shape index (κ2) is 5.12. The molecule has 21 heavy (non-hydrogen) atoms. The van der Waals surface area contributed by atoms with Gasteiger partial charge in [0, 0.05) is 31.7 Å². The van der Waals surface area contributed by atoms with Crippen LogP contribution in [0.2, 0.25) is 0 Å². The lowest BCUT2D eigenvalue weighted by atomic mass is 10.5. The molecule has 2 aromatic rings. The fraction of sp³-hybridized carbons (Fsp3) is 0.385. The van der Waals surface area contributed by atoms with Crippen molar-refractivity contribution in [1.82, 2.24) is 18.8 Å². The third kappa shape index (κ3) is 2.77. The average Bonchev–Trinajstić information content (AvgIpc) is 3.20. The Kier molecular flexibility index (Phi) is 3.42. The average molecular weight is 307 g/mol. The number of nitrogens with zero attached hydrogens (tertiary/aromatic N) is 4. The van der Waals surface area contributed by atoms with E-state index < -0.39 is 10.0 Å². The van der Waals surface area contributed by atoms with E-state index in [1.807, 2.05) is 11.6 Å². The van der Waals surface area contributed by atoms with E-state index in [2.05, 4.69) is 9.97 Å². The van der Waals surface area contributed by atoms with Crippen molar-refractivity contribution in [1.29, 1.82) is 0 Å². The molecule has 1 saturated carbocycles. The summed E-state index contributed by atoms with van der Waals surface area (Å²) in [5.74, 6) is 1.02. The standard InChI is InChI=1S/C13H17N5O2S/c1-17-7-6-15-13(17)9-18(10-2-3-10)21(19,20)11-4-5-12(14)16-8-11/h4-8,10H,2-3,9H2,1H3,(H2,14,16). The molecule has 112 valence electrons. The number of hydrogen-bond donors (Lipinski definition) is 1. The van der Waals surface area contributed by atoms with Crippen molar-refractivity contribution in [2.24, 2.45) is 7.05 Å². The van der Waals surface area contributed by atoms with Crippen molar-refractivity contribution >= 4 is 15.8 Å². The summed E-state index contributed by atoms with van der Waals surface area (Å²) in [6.07, 6.45) is 6.53. The monoisotopic (exact) mass is 307 g/mol.